The van der Waals surface area contributed by atoms with Gasteiger partial charge in [0, 0.05) is 49.6 Å². The standard InChI is InChI=1S/C16H17BrFN3/c17-14-9-13(10-19-11-14)12-20-5-7-21(8-6-20)16-4-2-1-3-15(16)18/h1-4,9-11H,5-8,12H2. The van der Waals surface area contributed by atoms with Crippen LogP contribution in [0.4, 0.5) is 10.1 Å². The van der Waals surface area contributed by atoms with E-state index in [1.807, 2.05) is 18.3 Å². The van der Waals surface area contributed by atoms with Crippen molar-refractivity contribution in [1.82, 2.24) is 9.88 Å². The highest BCUT2D eigenvalue weighted by Crippen LogP contribution is 2.21. The lowest BCUT2D eigenvalue weighted by molar-refractivity contribution is 0.249. The van der Waals surface area contributed by atoms with E-state index < -0.39 is 0 Å². The van der Waals surface area contributed by atoms with Crippen molar-refractivity contribution in [3.8, 4) is 0 Å². The molecule has 0 radical (unpaired) electrons. The van der Waals surface area contributed by atoms with E-state index in [0.717, 1.165) is 37.2 Å². The highest BCUT2D eigenvalue weighted by Gasteiger charge is 2.19. The molecule has 0 aliphatic carbocycles. The van der Waals surface area contributed by atoms with Crippen molar-refractivity contribution >= 4 is 21.6 Å². The van der Waals surface area contributed by atoms with Gasteiger partial charge in [0.1, 0.15) is 5.82 Å². The van der Waals surface area contributed by atoms with Gasteiger partial charge < -0.3 is 4.90 Å². The lowest BCUT2D eigenvalue weighted by Gasteiger charge is -2.36. The van der Waals surface area contributed by atoms with Crippen LogP contribution in [0.3, 0.4) is 0 Å². The van der Waals surface area contributed by atoms with Gasteiger partial charge in [0.15, 0.2) is 0 Å². The molecule has 2 heterocycles. The number of para-hydroxylation sites is 1. The molecular weight excluding hydrogens is 333 g/mol. The first-order valence-electron chi connectivity index (χ1n) is 7.03. The summed E-state index contributed by atoms with van der Waals surface area (Å²) >= 11 is 3.44. The summed E-state index contributed by atoms with van der Waals surface area (Å²) in [6, 6.07) is 9.08. The summed E-state index contributed by atoms with van der Waals surface area (Å²) < 4.78 is 14.8. The first-order valence-corrected chi connectivity index (χ1v) is 7.83. The van der Waals surface area contributed by atoms with Crippen molar-refractivity contribution in [1.29, 1.82) is 0 Å². The van der Waals surface area contributed by atoms with Gasteiger partial charge in [-0.2, -0.15) is 0 Å². The molecule has 2 aromatic rings. The Hall–Kier alpha value is -1.46. The number of rotatable bonds is 3. The van der Waals surface area contributed by atoms with E-state index in [2.05, 4.69) is 36.8 Å². The minimum absolute atomic E-state index is 0.137. The molecule has 5 heteroatoms. The summed E-state index contributed by atoms with van der Waals surface area (Å²) in [5.74, 6) is -0.137. The topological polar surface area (TPSA) is 19.4 Å². The van der Waals surface area contributed by atoms with Crippen LogP contribution in [0.2, 0.25) is 0 Å². The van der Waals surface area contributed by atoms with E-state index >= 15 is 0 Å². The maximum atomic E-state index is 13.8. The fourth-order valence-electron chi connectivity index (χ4n) is 2.66. The van der Waals surface area contributed by atoms with E-state index in [9.17, 15) is 4.39 Å². The average Bonchev–Trinajstić information content (AvgIpc) is 2.49. The van der Waals surface area contributed by atoms with E-state index in [4.69, 9.17) is 0 Å². The van der Waals surface area contributed by atoms with E-state index in [-0.39, 0.29) is 5.82 Å². The van der Waals surface area contributed by atoms with E-state index in [1.54, 1.807) is 12.3 Å². The van der Waals surface area contributed by atoms with Gasteiger partial charge in [0.05, 0.1) is 5.69 Å². The number of pyridine rings is 1. The quantitative estimate of drug-likeness (QED) is 0.847. The molecule has 21 heavy (non-hydrogen) atoms. The molecule has 0 saturated carbocycles. The Morgan fingerprint density at radius 2 is 1.86 bits per heavy atom. The number of nitrogens with zero attached hydrogens (tertiary/aromatic N) is 3. The van der Waals surface area contributed by atoms with Gasteiger partial charge in [-0.25, -0.2) is 4.39 Å². The van der Waals surface area contributed by atoms with Gasteiger partial charge in [0.2, 0.25) is 0 Å². The number of anilines is 1. The summed E-state index contributed by atoms with van der Waals surface area (Å²) in [6.07, 6.45) is 3.69. The minimum Gasteiger partial charge on any atom is -0.367 e. The lowest BCUT2D eigenvalue weighted by atomic mass is 10.2. The molecule has 0 spiro atoms. The second kappa shape index (κ2) is 6.54. The Morgan fingerprint density at radius 1 is 1.10 bits per heavy atom. The predicted molar refractivity (Wildman–Crippen MR) is 85.8 cm³/mol. The maximum Gasteiger partial charge on any atom is 0.146 e. The Morgan fingerprint density at radius 3 is 2.57 bits per heavy atom. The highest BCUT2D eigenvalue weighted by atomic mass is 79.9. The third-order valence-electron chi connectivity index (χ3n) is 3.73. The fraction of sp³-hybridized carbons (Fsp3) is 0.312. The zero-order valence-electron chi connectivity index (χ0n) is 11.7. The van der Waals surface area contributed by atoms with Crippen molar-refractivity contribution in [2.45, 2.75) is 6.54 Å². The minimum atomic E-state index is -0.137. The molecule has 1 fully saturated rings. The SMILES string of the molecule is Fc1ccccc1N1CCN(Cc2cncc(Br)c2)CC1. The lowest BCUT2D eigenvalue weighted by Crippen LogP contribution is -2.46. The normalized spacial score (nSPS) is 16.2. The van der Waals surface area contributed by atoms with Gasteiger partial charge in [-0.3, -0.25) is 9.88 Å². The molecule has 3 rings (SSSR count). The van der Waals surface area contributed by atoms with Crippen LogP contribution in [0.25, 0.3) is 0 Å². The van der Waals surface area contributed by atoms with Crippen molar-refractivity contribution in [2.75, 3.05) is 31.1 Å². The van der Waals surface area contributed by atoms with Crippen LogP contribution in [-0.2, 0) is 6.54 Å². The molecule has 1 aliphatic heterocycles. The van der Waals surface area contributed by atoms with Crippen LogP contribution in [0.5, 0.6) is 0 Å². The molecule has 110 valence electrons. The average molecular weight is 350 g/mol. The van der Waals surface area contributed by atoms with E-state index in [1.165, 1.54) is 11.6 Å². The van der Waals surface area contributed by atoms with Crippen LogP contribution in [0.15, 0.2) is 47.2 Å². The number of aromatic nitrogens is 1. The third kappa shape index (κ3) is 3.60. The molecule has 0 atom stereocenters. The van der Waals surface area contributed by atoms with Crippen LogP contribution in [-0.4, -0.2) is 36.1 Å². The number of piperazine rings is 1. The van der Waals surface area contributed by atoms with Crippen LogP contribution >= 0.6 is 15.9 Å². The second-order valence-corrected chi connectivity index (χ2v) is 6.14. The molecule has 1 aliphatic rings. The fourth-order valence-corrected chi connectivity index (χ4v) is 3.07. The van der Waals surface area contributed by atoms with E-state index in [0.29, 0.717) is 5.69 Å². The summed E-state index contributed by atoms with van der Waals surface area (Å²) in [6.45, 7) is 4.45. The second-order valence-electron chi connectivity index (χ2n) is 5.23. The van der Waals surface area contributed by atoms with Gasteiger partial charge >= 0.3 is 0 Å². The summed E-state index contributed by atoms with van der Waals surface area (Å²) in [5, 5.41) is 0. The zero-order valence-corrected chi connectivity index (χ0v) is 13.3. The van der Waals surface area contributed by atoms with Crippen molar-refractivity contribution in [2.24, 2.45) is 0 Å². The number of hydrogen-bond acceptors (Lipinski definition) is 3. The molecule has 0 amide bonds. The summed E-state index contributed by atoms with van der Waals surface area (Å²) in [5.41, 5.74) is 1.91. The Balaban J connectivity index is 1.59. The highest BCUT2D eigenvalue weighted by molar-refractivity contribution is 9.10. The van der Waals surface area contributed by atoms with Crippen LogP contribution < -0.4 is 4.90 Å². The first kappa shape index (κ1) is 14.5. The summed E-state index contributed by atoms with van der Waals surface area (Å²) in [7, 11) is 0. The Kier molecular flexibility index (Phi) is 4.51. The van der Waals surface area contributed by atoms with Crippen LogP contribution in [0.1, 0.15) is 5.56 Å². The molecule has 1 aromatic heterocycles. The monoisotopic (exact) mass is 349 g/mol. The number of benzene rings is 1. The van der Waals surface area contributed by atoms with Crippen molar-refractivity contribution in [3.63, 3.8) is 0 Å². The smallest absolute Gasteiger partial charge is 0.146 e. The van der Waals surface area contributed by atoms with Crippen molar-refractivity contribution < 1.29 is 4.39 Å². The zero-order chi connectivity index (χ0) is 14.7. The first-order chi connectivity index (χ1) is 10.2. The molecule has 0 N–H and O–H groups in total. The number of hydrogen-bond donors (Lipinski definition) is 0. The summed E-state index contributed by atoms with van der Waals surface area (Å²) in [4.78, 5) is 8.68. The third-order valence-corrected chi connectivity index (χ3v) is 4.17. The predicted octanol–water partition coefficient (Wildman–Crippen LogP) is 3.31. The number of halogens is 2. The Labute approximate surface area is 132 Å². The molecular formula is C16H17BrFN3. The van der Waals surface area contributed by atoms with Gasteiger partial charge in [-0.1, -0.05) is 12.1 Å². The largest absolute Gasteiger partial charge is 0.367 e. The van der Waals surface area contributed by atoms with Gasteiger partial charge in [-0.15, -0.1) is 0 Å². The molecule has 1 aromatic carbocycles. The van der Waals surface area contributed by atoms with Gasteiger partial charge in [0.25, 0.3) is 0 Å². The van der Waals surface area contributed by atoms with Gasteiger partial charge in [-0.05, 0) is 39.7 Å². The molecule has 3 nitrogen and oxygen atoms in total. The Bertz CT molecular complexity index is 612. The maximum absolute atomic E-state index is 13.8. The molecule has 0 bridgehead atoms. The van der Waals surface area contributed by atoms with Crippen molar-refractivity contribution in [3.05, 3.63) is 58.6 Å². The molecule has 0 unspecified atom stereocenters. The van der Waals surface area contributed by atoms with Crippen LogP contribution in [0, 0.1) is 5.82 Å². The molecule has 1 saturated heterocycles.